The largest absolute Gasteiger partial charge is 0.366 e. The summed E-state index contributed by atoms with van der Waals surface area (Å²) in [5, 5.41) is 0. The molecule has 0 aromatic carbocycles. The van der Waals surface area contributed by atoms with Gasteiger partial charge in [0, 0.05) is 19.6 Å². The highest BCUT2D eigenvalue weighted by Gasteiger charge is 2.38. The predicted octanol–water partition coefficient (Wildman–Crippen LogP) is 1.33. The highest BCUT2D eigenvalue weighted by Crippen LogP contribution is 2.30. The van der Waals surface area contributed by atoms with E-state index in [0.717, 1.165) is 24.6 Å². The maximum atomic E-state index is 6.05. The number of nitrogens with zero attached hydrogens (tertiary/aromatic N) is 3. The highest BCUT2D eigenvalue weighted by molar-refractivity contribution is 5.38. The molecule has 100 valence electrons. The first-order valence-corrected chi connectivity index (χ1v) is 6.27. The van der Waals surface area contributed by atoms with Crippen LogP contribution in [0.3, 0.4) is 0 Å². The number of aromatic nitrogens is 2. The average molecular weight is 250 g/mol. The second kappa shape index (κ2) is 4.48. The van der Waals surface area contributed by atoms with Gasteiger partial charge in [0.25, 0.3) is 0 Å². The third kappa shape index (κ3) is 2.97. The molecule has 5 heteroatoms. The minimum absolute atomic E-state index is 0.185. The number of ether oxygens (including phenoxy) is 1. The zero-order chi connectivity index (χ0) is 13.4. The van der Waals surface area contributed by atoms with Crippen molar-refractivity contribution < 1.29 is 4.74 Å². The van der Waals surface area contributed by atoms with Gasteiger partial charge < -0.3 is 15.4 Å². The monoisotopic (exact) mass is 250 g/mol. The van der Waals surface area contributed by atoms with Crippen LogP contribution in [0.2, 0.25) is 0 Å². The Hall–Kier alpha value is -1.20. The molecule has 5 nitrogen and oxygen atoms in total. The van der Waals surface area contributed by atoms with Crippen LogP contribution < -0.4 is 10.6 Å². The van der Waals surface area contributed by atoms with Crippen molar-refractivity contribution in [2.45, 2.75) is 45.4 Å². The molecule has 1 aliphatic rings. The first-order chi connectivity index (χ1) is 8.31. The van der Waals surface area contributed by atoms with E-state index in [9.17, 15) is 0 Å². The number of morpholine rings is 1. The number of nitrogens with two attached hydrogens (primary N) is 1. The standard InChI is InChI=1S/C13H22N4O/c1-12(2)8-17(9-13(3,4)18-12)11-7-15-10(5-14)6-16-11/h6-7H,5,8-9,14H2,1-4H3. The van der Waals surface area contributed by atoms with Crippen LogP contribution in [0.25, 0.3) is 0 Å². The van der Waals surface area contributed by atoms with Gasteiger partial charge in [0.2, 0.25) is 0 Å². The molecule has 1 aliphatic heterocycles. The Morgan fingerprint density at radius 2 is 1.78 bits per heavy atom. The maximum Gasteiger partial charge on any atom is 0.147 e. The van der Waals surface area contributed by atoms with Gasteiger partial charge in [-0.1, -0.05) is 0 Å². The Kier molecular flexibility index (Phi) is 3.29. The Balaban J connectivity index is 2.21. The summed E-state index contributed by atoms with van der Waals surface area (Å²) in [7, 11) is 0. The van der Waals surface area contributed by atoms with E-state index in [0.29, 0.717) is 6.54 Å². The fraction of sp³-hybridized carbons (Fsp3) is 0.692. The van der Waals surface area contributed by atoms with Crippen LogP contribution in [0.4, 0.5) is 5.82 Å². The molecule has 2 rings (SSSR count). The van der Waals surface area contributed by atoms with Crippen LogP contribution >= 0.6 is 0 Å². The summed E-state index contributed by atoms with van der Waals surface area (Å²) in [6.07, 6.45) is 3.53. The molecule has 0 saturated carbocycles. The van der Waals surface area contributed by atoms with Crippen LogP contribution in [0.5, 0.6) is 0 Å². The Bertz CT molecular complexity index is 398. The molecule has 1 saturated heterocycles. The van der Waals surface area contributed by atoms with Crippen molar-refractivity contribution in [3.8, 4) is 0 Å². The first kappa shape index (κ1) is 13.2. The summed E-state index contributed by atoms with van der Waals surface area (Å²) < 4.78 is 6.05. The molecule has 0 bridgehead atoms. The quantitative estimate of drug-likeness (QED) is 0.858. The van der Waals surface area contributed by atoms with Gasteiger partial charge in [-0.15, -0.1) is 0 Å². The smallest absolute Gasteiger partial charge is 0.147 e. The Labute approximate surface area is 108 Å². The van der Waals surface area contributed by atoms with Gasteiger partial charge in [0.1, 0.15) is 5.82 Å². The van der Waals surface area contributed by atoms with Crippen molar-refractivity contribution in [3.63, 3.8) is 0 Å². The lowest BCUT2D eigenvalue weighted by Crippen LogP contribution is -2.57. The van der Waals surface area contributed by atoms with E-state index in [1.54, 1.807) is 12.4 Å². The van der Waals surface area contributed by atoms with Crippen molar-refractivity contribution in [3.05, 3.63) is 18.1 Å². The van der Waals surface area contributed by atoms with E-state index in [1.165, 1.54) is 0 Å². The Morgan fingerprint density at radius 3 is 2.22 bits per heavy atom. The van der Waals surface area contributed by atoms with E-state index in [2.05, 4.69) is 42.6 Å². The van der Waals surface area contributed by atoms with Crippen LogP contribution in [0.1, 0.15) is 33.4 Å². The number of anilines is 1. The molecule has 0 spiro atoms. The normalized spacial score (nSPS) is 21.9. The number of hydrogen-bond acceptors (Lipinski definition) is 5. The molecule has 0 amide bonds. The van der Waals surface area contributed by atoms with Crippen LogP contribution in [0, 0.1) is 0 Å². The summed E-state index contributed by atoms with van der Waals surface area (Å²) in [6, 6.07) is 0. The minimum atomic E-state index is -0.185. The van der Waals surface area contributed by atoms with Crippen molar-refractivity contribution in [2.24, 2.45) is 5.73 Å². The average Bonchev–Trinajstić information content (AvgIpc) is 2.25. The molecule has 1 aromatic heterocycles. The summed E-state index contributed by atoms with van der Waals surface area (Å²) in [5.41, 5.74) is 5.97. The van der Waals surface area contributed by atoms with Gasteiger partial charge in [-0.05, 0) is 27.7 Å². The summed E-state index contributed by atoms with van der Waals surface area (Å²) in [5.74, 6) is 0.886. The molecule has 18 heavy (non-hydrogen) atoms. The van der Waals surface area contributed by atoms with Crippen LogP contribution in [-0.2, 0) is 11.3 Å². The summed E-state index contributed by atoms with van der Waals surface area (Å²) in [6.45, 7) is 10.4. The topological polar surface area (TPSA) is 64.3 Å². The van der Waals surface area contributed by atoms with Crippen molar-refractivity contribution >= 4 is 5.82 Å². The van der Waals surface area contributed by atoms with Gasteiger partial charge >= 0.3 is 0 Å². The SMILES string of the molecule is CC1(C)CN(c2cnc(CN)cn2)CC(C)(C)O1. The fourth-order valence-corrected chi connectivity index (χ4v) is 2.57. The second-order valence-corrected chi connectivity index (χ2v) is 6.05. The zero-order valence-corrected chi connectivity index (χ0v) is 11.6. The lowest BCUT2D eigenvalue weighted by Gasteiger charge is -2.47. The van der Waals surface area contributed by atoms with E-state index < -0.39 is 0 Å². The Morgan fingerprint density at radius 1 is 1.17 bits per heavy atom. The zero-order valence-electron chi connectivity index (χ0n) is 11.6. The molecule has 2 N–H and O–H groups in total. The minimum Gasteiger partial charge on any atom is -0.366 e. The van der Waals surface area contributed by atoms with Gasteiger partial charge in [0.15, 0.2) is 0 Å². The third-order valence-corrected chi connectivity index (χ3v) is 2.92. The van der Waals surface area contributed by atoms with E-state index in [1.807, 2.05) is 0 Å². The van der Waals surface area contributed by atoms with Gasteiger partial charge in [-0.25, -0.2) is 4.98 Å². The second-order valence-electron chi connectivity index (χ2n) is 6.05. The maximum absolute atomic E-state index is 6.05. The van der Waals surface area contributed by atoms with Gasteiger partial charge in [-0.3, -0.25) is 4.98 Å². The van der Waals surface area contributed by atoms with Gasteiger partial charge in [-0.2, -0.15) is 0 Å². The van der Waals surface area contributed by atoms with E-state index in [4.69, 9.17) is 10.5 Å². The first-order valence-electron chi connectivity index (χ1n) is 6.27. The van der Waals surface area contributed by atoms with Crippen LogP contribution in [0.15, 0.2) is 12.4 Å². The predicted molar refractivity (Wildman–Crippen MR) is 71.4 cm³/mol. The van der Waals surface area contributed by atoms with Crippen LogP contribution in [-0.4, -0.2) is 34.3 Å². The summed E-state index contributed by atoms with van der Waals surface area (Å²) >= 11 is 0. The number of hydrogen-bond donors (Lipinski definition) is 1. The molecular weight excluding hydrogens is 228 g/mol. The molecule has 0 unspecified atom stereocenters. The molecule has 1 aromatic rings. The molecular formula is C13H22N4O. The van der Waals surface area contributed by atoms with Crippen molar-refractivity contribution in [1.29, 1.82) is 0 Å². The van der Waals surface area contributed by atoms with E-state index >= 15 is 0 Å². The highest BCUT2D eigenvalue weighted by atomic mass is 16.5. The summed E-state index contributed by atoms with van der Waals surface area (Å²) in [4.78, 5) is 10.9. The third-order valence-electron chi connectivity index (χ3n) is 2.92. The molecule has 2 heterocycles. The number of rotatable bonds is 2. The fourth-order valence-electron chi connectivity index (χ4n) is 2.57. The lowest BCUT2D eigenvalue weighted by molar-refractivity contribution is -0.133. The molecule has 0 radical (unpaired) electrons. The molecule has 0 aliphatic carbocycles. The molecule has 0 atom stereocenters. The van der Waals surface area contributed by atoms with Crippen molar-refractivity contribution in [2.75, 3.05) is 18.0 Å². The van der Waals surface area contributed by atoms with Crippen molar-refractivity contribution in [1.82, 2.24) is 9.97 Å². The van der Waals surface area contributed by atoms with E-state index in [-0.39, 0.29) is 11.2 Å². The molecule has 1 fully saturated rings. The lowest BCUT2D eigenvalue weighted by atomic mass is 9.99. The van der Waals surface area contributed by atoms with Gasteiger partial charge in [0.05, 0.1) is 29.3 Å².